The van der Waals surface area contributed by atoms with Crippen LogP contribution in [0.1, 0.15) is 50.9 Å². The molecule has 0 amide bonds. The van der Waals surface area contributed by atoms with Crippen molar-refractivity contribution >= 4 is 89.5 Å². The second-order valence-electron chi connectivity index (χ2n) is 25.9. The van der Waals surface area contributed by atoms with E-state index < -0.39 is 0 Å². The molecule has 2 heteroatoms. The van der Waals surface area contributed by atoms with Gasteiger partial charge in [0.15, 0.2) is 0 Å². The van der Waals surface area contributed by atoms with Crippen LogP contribution in [0.3, 0.4) is 0 Å². The van der Waals surface area contributed by atoms with Crippen LogP contribution in [0.4, 0.5) is 0 Å². The highest BCUT2D eigenvalue weighted by molar-refractivity contribution is 6.13. The van der Waals surface area contributed by atoms with Crippen molar-refractivity contribution in [2.45, 2.75) is 18.3 Å². The highest BCUT2D eigenvalue weighted by atomic mass is 15.0. The van der Waals surface area contributed by atoms with Crippen LogP contribution >= 0.6 is 0 Å². The van der Waals surface area contributed by atoms with E-state index in [1.165, 1.54) is 177 Å². The molecule has 0 aliphatic heterocycles. The monoisotopic (exact) mass is 1210 g/mol. The van der Waals surface area contributed by atoms with Gasteiger partial charge >= 0.3 is 0 Å². The summed E-state index contributed by atoms with van der Waals surface area (Å²) in [5.74, 6) is 0. The first-order valence-corrected chi connectivity index (χ1v) is 33.2. The zero-order valence-electron chi connectivity index (χ0n) is 52.3. The van der Waals surface area contributed by atoms with E-state index in [1.54, 1.807) is 0 Å². The Hall–Kier alpha value is -12.1. The maximum absolute atomic E-state index is 2.51. The van der Waals surface area contributed by atoms with Crippen LogP contribution in [0.25, 0.3) is 156 Å². The molecule has 95 heavy (non-hydrogen) atoms. The summed E-state index contributed by atoms with van der Waals surface area (Å²) in [6, 6.07) is 122. The normalized spacial score (nSPS) is 14.2. The fourth-order valence-electron chi connectivity index (χ4n) is 16.1. The molecular formula is C93H62N2. The summed E-state index contributed by atoms with van der Waals surface area (Å²) in [6.07, 6.45) is 11.0. The van der Waals surface area contributed by atoms with Gasteiger partial charge in [-0.1, -0.05) is 291 Å². The van der Waals surface area contributed by atoms with E-state index in [9.17, 15) is 0 Å². The number of rotatable bonds is 10. The average Bonchev–Trinajstić information content (AvgIpc) is 1.54. The quantitative estimate of drug-likeness (QED) is 0.121. The Labute approximate surface area is 552 Å². The summed E-state index contributed by atoms with van der Waals surface area (Å²) in [7, 11) is 0. The number of nitrogens with zero attached hydrogens (tertiary/aromatic N) is 2. The molecule has 0 saturated heterocycles. The molecule has 2 heterocycles. The SMILES string of the molecule is C(=Cc1ccc(-c2ccc3c(c2)c2ccccc2n3-c2cccc3ccccc23)cc1)c1ccc(-c2ccc3c(c2)C2(CCc4ccccc42)c2cc(-c4ccc(C=Cc5ccc(-c6ccc7c(c6)c6ccccc6n7-c6cccc7ccccc67)cc5)cc4)ccc2-3)cc1. The van der Waals surface area contributed by atoms with Gasteiger partial charge in [0.2, 0.25) is 0 Å². The fraction of sp³-hybridized carbons (Fsp3) is 0.0323. The van der Waals surface area contributed by atoms with E-state index in [4.69, 9.17) is 0 Å². The Kier molecular flexibility index (Phi) is 12.7. The second kappa shape index (κ2) is 22.1. The van der Waals surface area contributed by atoms with Crippen molar-refractivity contribution in [3.63, 3.8) is 0 Å². The molecule has 0 saturated carbocycles. The number of fused-ring (bicyclic) bond motifs is 15. The molecule has 0 unspecified atom stereocenters. The van der Waals surface area contributed by atoms with E-state index in [0.717, 1.165) is 12.8 Å². The minimum atomic E-state index is -0.222. The average molecular weight is 1210 g/mol. The summed E-state index contributed by atoms with van der Waals surface area (Å²) >= 11 is 0. The molecular weight excluding hydrogens is 1150 g/mol. The van der Waals surface area contributed by atoms with Crippen LogP contribution in [0, 0.1) is 0 Å². The van der Waals surface area contributed by atoms with Crippen molar-refractivity contribution in [3.05, 3.63) is 372 Å². The summed E-state index contributed by atoms with van der Waals surface area (Å²) < 4.78 is 4.86. The van der Waals surface area contributed by atoms with Crippen molar-refractivity contribution in [2.24, 2.45) is 0 Å². The molecule has 0 atom stereocenters. The zero-order valence-corrected chi connectivity index (χ0v) is 52.3. The number of hydrogen-bond acceptors (Lipinski definition) is 0. The third-order valence-corrected chi connectivity index (χ3v) is 20.8. The Morgan fingerprint density at radius 2 is 0.579 bits per heavy atom. The molecule has 15 aromatic carbocycles. The van der Waals surface area contributed by atoms with E-state index in [1.807, 2.05) is 0 Å². The van der Waals surface area contributed by atoms with Gasteiger partial charge in [0.05, 0.1) is 33.4 Å². The predicted octanol–water partition coefficient (Wildman–Crippen LogP) is 24.5. The highest BCUT2D eigenvalue weighted by Crippen LogP contribution is 2.59. The maximum atomic E-state index is 2.51. The zero-order chi connectivity index (χ0) is 62.6. The first-order chi connectivity index (χ1) is 47.0. The van der Waals surface area contributed by atoms with Gasteiger partial charge in [0.1, 0.15) is 0 Å². The summed E-state index contributed by atoms with van der Waals surface area (Å²) in [5.41, 5.74) is 29.9. The van der Waals surface area contributed by atoms with Gasteiger partial charge in [-0.05, 0) is 184 Å². The van der Waals surface area contributed by atoms with Crippen molar-refractivity contribution in [2.75, 3.05) is 0 Å². The van der Waals surface area contributed by atoms with Gasteiger partial charge in [-0.3, -0.25) is 0 Å². The Morgan fingerprint density at radius 1 is 0.242 bits per heavy atom. The van der Waals surface area contributed by atoms with Gasteiger partial charge in [0.25, 0.3) is 0 Å². The third-order valence-electron chi connectivity index (χ3n) is 20.8. The van der Waals surface area contributed by atoms with Gasteiger partial charge in [-0.15, -0.1) is 0 Å². The first-order valence-electron chi connectivity index (χ1n) is 33.2. The maximum Gasteiger partial charge on any atom is 0.0541 e. The second-order valence-corrected chi connectivity index (χ2v) is 25.9. The lowest BCUT2D eigenvalue weighted by molar-refractivity contribution is 0.626. The smallest absolute Gasteiger partial charge is 0.0541 e. The topological polar surface area (TPSA) is 9.86 Å². The van der Waals surface area contributed by atoms with Crippen molar-refractivity contribution < 1.29 is 0 Å². The predicted molar refractivity (Wildman–Crippen MR) is 403 cm³/mol. The van der Waals surface area contributed by atoms with Crippen LogP contribution in [0.5, 0.6) is 0 Å². The number of aromatic nitrogens is 2. The van der Waals surface area contributed by atoms with Gasteiger partial charge in [-0.25, -0.2) is 0 Å². The molecule has 444 valence electrons. The van der Waals surface area contributed by atoms with Crippen molar-refractivity contribution in [1.29, 1.82) is 0 Å². The molecule has 1 spiro atoms. The van der Waals surface area contributed by atoms with E-state index in [2.05, 4.69) is 361 Å². The molecule has 19 rings (SSSR count). The molecule has 2 aliphatic carbocycles. The molecule has 0 radical (unpaired) electrons. The standard InChI is InChI=1S/C93H62N2/c1-4-18-76-69(13-1)16-11-25-87(76)94-89-23-9-6-20-80(89)82-57-72(49-53-91(82)94)65-39-31-61(32-40-65)27-29-63-35-43-67(44-36-63)74-47-51-78-79-52-48-75(60-86(79)93(85(78)59-74)56-55-71-15-3-8-22-84(71)93)68-45-37-64(38-46-68)30-28-62-33-41-66(42-34-62)73-50-54-92-83(58-73)81-21-7-10-24-90(81)95(92)88-26-12-17-70-14-2-5-19-77(70)88/h1-54,57-60H,55-56H2. The van der Waals surface area contributed by atoms with Crippen molar-refractivity contribution in [1.82, 2.24) is 9.13 Å². The summed E-state index contributed by atoms with van der Waals surface area (Å²) in [6.45, 7) is 0. The Bertz CT molecular complexity index is 5640. The van der Waals surface area contributed by atoms with Crippen LogP contribution in [-0.4, -0.2) is 9.13 Å². The lowest BCUT2D eigenvalue weighted by Gasteiger charge is -2.29. The molecule has 0 N–H and O–H groups in total. The Morgan fingerprint density at radius 3 is 1.02 bits per heavy atom. The molecule has 2 aliphatic rings. The lowest BCUT2D eigenvalue weighted by Crippen LogP contribution is -2.23. The number of aryl methyl sites for hydroxylation is 1. The minimum absolute atomic E-state index is 0.222. The van der Waals surface area contributed by atoms with Gasteiger partial charge in [0, 0.05) is 37.7 Å². The van der Waals surface area contributed by atoms with Crippen LogP contribution in [0.2, 0.25) is 0 Å². The van der Waals surface area contributed by atoms with Crippen LogP contribution in [0.15, 0.2) is 328 Å². The summed E-state index contributed by atoms with van der Waals surface area (Å²) in [5, 5.41) is 10.0. The van der Waals surface area contributed by atoms with Gasteiger partial charge < -0.3 is 9.13 Å². The van der Waals surface area contributed by atoms with E-state index in [-0.39, 0.29) is 5.41 Å². The van der Waals surface area contributed by atoms with Crippen LogP contribution < -0.4 is 0 Å². The van der Waals surface area contributed by atoms with E-state index in [0.29, 0.717) is 0 Å². The number of benzene rings is 15. The van der Waals surface area contributed by atoms with Crippen LogP contribution in [-0.2, 0) is 11.8 Å². The molecule has 2 aromatic heterocycles. The fourth-order valence-corrected chi connectivity index (χ4v) is 16.1. The largest absolute Gasteiger partial charge is 0.309 e. The number of para-hydroxylation sites is 2. The lowest BCUT2D eigenvalue weighted by atomic mass is 9.72. The first kappa shape index (κ1) is 54.6. The molecule has 17 aromatic rings. The van der Waals surface area contributed by atoms with E-state index >= 15 is 0 Å². The van der Waals surface area contributed by atoms with Gasteiger partial charge in [-0.2, -0.15) is 0 Å². The third kappa shape index (κ3) is 9.01. The molecule has 0 fully saturated rings. The number of hydrogen-bond donors (Lipinski definition) is 0. The Balaban J connectivity index is 0.554. The minimum Gasteiger partial charge on any atom is -0.309 e. The van der Waals surface area contributed by atoms with Crippen molar-refractivity contribution in [3.8, 4) is 67.0 Å². The molecule has 0 bridgehead atoms. The highest BCUT2D eigenvalue weighted by Gasteiger charge is 2.48. The molecule has 2 nitrogen and oxygen atoms in total. The summed E-state index contributed by atoms with van der Waals surface area (Å²) in [4.78, 5) is 0.